The van der Waals surface area contributed by atoms with E-state index < -0.39 is 59.6 Å². The minimum atomic E-state index is -3.29. The number of amides is 2. The van der Waals surface area contributed by atoms with E-state index in [9.17, 15) is 19.5 Å². The van der Waals surface area contributed by atoms with E-state index in [0.717, 1.165) is 4.90 Å². The predicted octanol–water partition coefficient (Wildman–Crippen LogP) is 5.93. The zero-order chi connectivity index (χ0) is 27.9. The van der Waals surface area contributed by atoms with Crippen LogP contribution in [0.2, 0.25) is 20.1 Å². The maximum atomic E-state index is 15.0. The smallest absolute Gasteiger partial charge is 0.313 e. The molecule has 0 saturated carbocycles. The molecule has 0 aromatic heterocycles. The van der Waals surface area contributed by atoms with Gasteiger partial charge in [-0.2, -0.15) is 0 Å². The zero-order valence-corrected chi connectivity index (χ0v) is 23.0. The van der Waals surface area contributed by atoms with E-state index in [4.69, 9.17) is 46.4 Å². The first-order valence-electron chi connectivity index (χ1n) is 11.7. The first-order valence-corrected chi connectivity index (χ1v) is 13.2. The number of carbonyl (C=O) groups is 3. The maximum Gasteiger partial charge on any atom is 0.313 e. The number of carboxylic acids is 1. The van der Waals surface area contributed by atoms with Crippen molar-refractivity contribution in [2.75, 3.05) is 23.3 Å². The summed E-state index contributed by atoms with van der Waals surface area (Å²) in [5.74, 6) is -7.99. The van der Waals surface area contributed by atoms with Gasteiger partial charge in [0.1, 0.15) is 11.0 Å². The maximum absolute atomic E-state index is 15.0. The number of alkyl halides is 2. The topological polar surface area (TPSA) is 90.0 Å². The highest BCUT2D eigenvalue weighted by atomic mass is 35.5. The molecule has 0 bridgehead atoms. The van der Waals surface area contributed by atoms with E-state index >= 15 is 8.78 Å². The molecule has 2 aromatic carbocycles. The first kappa shape index (κ1) is 27.4. The summed E-state index contributed by atoms with van der Waals surface area (Å²) in [6.45, 7) is 2.01. The number of hydrogen-bond donors (Lipinski definition) is 2. The molecule has 0 aliphatic carbocycles. The molecule has 3 aliphatic rings. The van der Waals surface area contributed by atoms with Crippen molar-refractivity contribution in [1.29, 1.82) is 0 Å². The van der Waals surface area contributed by atoms with Crippen LogP contribution in [0.4, 0.5) is 20.2 Å². The molecule has 13 heteroatoms. The van der Waals surface area contributed by atoms with Crippen LogP contribution in [0, 0.1) is 11.3 Å². The Bertz CT molecular complexity index is 1390. The number of fused-ring (bicyclic) bond motifs is 4. The fraction of sp³-hybridized carbons (Fsp3) is 0.400. The molecule has 2 amide bonds. The second-order valence-corrected chi connectivity index (χ2v) is 11.6. The van der Waals surface area contributed by atoms with Gasteiger partial charge in [-0.1, -0.05) is 46.4 Å². The Kier molecular flexibility index (Phi) is 6.44. The number of rotatable bonds is 4. The third-order valence-electron chi connectivity index (χ3n) is 7.96. The molecule has 2 saturated heterocycles. The minimum Gasteiger partial charge on any atom is -0.481 e. The molecule has 3 heterocycles. The van der Waals surface area contributed by atoms with Gasteiger partial charge in [0.2, 0.25) is 5.91 Å². The van der Waals surface area contributed by atoms with Crippen molar-refractivity contribution in [3.8, 4) is 0 Å². The predicted molar refractivity (Wildman–Crippen MR) is 141 cm³/mol. The Morgan fingerprint density at radius 3 is 2.29 bits per heavy atom. The highest BCUT2D eigenvalue weighted by Crippen LogP contribution is 2.66. The number of carbonyl (C=O) groups excluding carboxylic acids is 2. The molecule has 1 spiro atoms. The summed E-state index contributed by atoms with van der Waals surface area (Å²) >= 11 is 24.9. The molecule has 38 heavy (non-hydrogen) atoms. The molecule has 1 unspecified atom stereocenters. The van der Waals surface area contributed by atoms with Crippen LogP contribution < -0.4 is 10.2 Å². The number of nitrogens with one attached hydrogen (secondary N) is 1. The number of benzene rings is 2. The van der Waals surface area contributed by atoms with Crippen LogP contribution >= 0.6 is 46.4 Å². The van der Waals surface area contributed by atoms with E-state index in [2.05, 4.69) is 5.32 Å². The average Bonchev–Trinajstić information content (AvgIpc) is 3.33. The summed E-state index contributed by atoms with van der Waals surface area (Å²) < 4.78 is 30.1. The van der Waals surface area contributed by atoms with Gasteiger partial charge >= 0.3 is 5.97 Å². The Morgan fingerprint density at radius 1 is 1.11 bits per heavy atom. The number of anilines is 2. The van der Waals surface area contributed by atoms with Gasteiger partial charge in [-0.25, -0.2) is 8.78 Å². The molecule has 3 aliphatic heterocycles. The van der Waals surface area contributed by atoms with Gasteiger partial charge in [-0.15, -0.1) is 0 Å². The summed E-state index contributed by atoms with van der Waals surface area (Å²) in [6, 6.07) is 5.80. The number of aliphatic carboxylic acids is 1. The van der Waals surface area contributed by atoms with Gasteiger partial charge in [0, 0.05) is 45.3 Å². The van der Waals surface area contributed by atoms with E-state index in [1.807, 2.05) is 0 Å². The van der Waals surface area contributed by atoms with E-state index in [0.29, 0.717) is 0 Å². The second-order valence-electron chi connectivity index (χ2n) is 9.93. The fourth-order valence-electron chi connectivity index (χ4n) is 6.56. The second kappa shape index (κ2) is 8.93. The van der Waals surface area contributed by atoms with Crippen LogP contribution in [0.5, 0.6) is 0 Å². The Balaban J connectivity index is 1.78. The lowest BCUT2D eigenvalue weighted by Crippen LogP contribution is -2.60. The standard InChI is InChI=1S/C25H21Cl4F2N3O4/c1-3-33(14-5-11(26)4-12(27)6-14)20(35)18-17-9-24(30,31)10-34(17)25(23(18,2)22(37)38)15-7-13(28)8-16(29)19(15)32-21(25)36/h4-8,17-18H,3,9-10H2,1-2H3,(H,32,36)(H,37,38)/t17-,18-,23?,25-/m1/s1. The molecular formula is C25H21Cl4F2N3O4. The van der Waals surface area contributed by atoms with Crippen LogP contribution in [-0.4, -0.2) is 52.8 Å². The number of hydrogen-bond acceptors (Lipinski definition) is 4. The van der Waals surface area contributed by atoms with Crippen molar-refractivity contribution in [3.63, 3.8) is 0 Å². The molecule has 5 rings (SSSR count). The average molecular weight is 607 g/mol. The van der Waals surface area contributed by atoms with Crippen molar-refractivity contribution in [3.05, 3.63) is 56.0 Å². The Morgan fingerprint density at radius 2 is 1.71 bits per heavy atom. The molecule has 2 N–H and O–H groups in total. The molecular weight excluding hydrogens is 586 g/mol. The van der Waals surface area contributed by atoms with Crippen molar-refractivity contribution in [2.24, 2.45) is 11.3 Å². The monoisotopic (exact) mass is 605 g/mol. The quantitative estimate of drug-likeness (QED) is 0.450. The molecule has 0 radical (unpaired) electrons. The molecule has 202 valence electrons. The lowest BCUT2D eigenvalue weighted by Gasteiger charge is -2.42. The van der Waals surface area contributed by atoms with Gasteiger partial charge < -0.3 is 15.3 Å². The summed E-state index contributed by atoms with van der Waals surface area (Å²) in [7, 11) is 0. The molecule has 2 aromatic rings. The summed E-state index contributed by atoms with van der Waals surface area (Å²) in [6.07, 6.45) is -0.821. The lowest BCUT2D eigenvalue weighted by atomic mass is 9.62. The van der Waals surface area contributed by atoms with Crippen molar-refractivity contribution >= 4 is 75.6 Å². The number of nitrogens with zero attached hydrogens (tertiary/aromatic N) is 2. The van der Waals surface area contributed by atoms with Crippen LogP contribution in [0.25, 0.3) is 0 Å². The van der Waals surface area contributed by atoms with Crippen LogP contribution in [0.3, 0.4) is 0 Å². The number of carboxylic acid groups (broad SMARTS) is 1. The van der Waals surface area contributed by atoms with Gasteiger partial charge in [0.25, 0.3) is 11.8 Å². The normalized spacial score (nSPS) is 29.3. The minimum absolute atomic E-state index is 0.0199. The first-order chi connectivity index (χ1) is 17.7. The fourth-order valence-corrected chi connectivity index (χ4v) is 7.62. The summed E-state index contributed by atoms with van der Waals surface area (Å²) in [4.78, 5) is 43.7. The third-order valence-corrected chi connectivity index (χ3v) is 8.92. The van der Waals surface area contributed by atoms with Crippen molar-refractivity contribution < 1.29 is 28.3 Å². The molecule has 7 nitrogen and oxygen atoms in total. The van der Waals surface area contributed by atoms with Crippen LogP contribution in [0.1, 0.15) is 25.8 Å². The Hall–Kier alpha value is -2.17. The van der Waals surface area contributed by atoms with Crippen molar-refractivity contribution in [2.45, 2.75) is 37.8 Å². The SMILES string of the molecule is CCN(C(=O)[C@H]1[C@H]2CC(F)(F)CN2[C@]2(C(=O)Nc3c(Cl)cc(Cl)cc32)C1(C)C(=O)O)c1cc(Cl)cc(Cl)c1. The number of halogens is 6. The molecule has 2 fully saturated rings. The van der Waals surface area contributed by atoms with Gasteiger partial charge in [0.15, 0.2) is 0 Å². The Labute approximate surface area is 236 Å². The summed E-state index contributed by atoms with van der Waals surface area (Å²) in [5, 5.41) is 13.9. The lowest BCUT2D eigenvalue weighted by molar-refractivity contribution is -0.164. The van der Waals surface area contributed by atoms with Gasteiger partial charge in [-0.05, 0) is 44.2 Å². The van der Waals surface area contributed by atoms with Gasteiger partial charge in [-0.3, -0.25) is 19.3 Å². The van der Waals surface area contributed by atoms with Crippen molar-refractivity contribution in [1.82, 2.24) is 4.90 Å². The van der Waals surface area contributed by atoms with Crippen LogP contribution in [0.15, 0.2) is 30.3 Å². The molecule has 4 atom stereocenters. The highest BCUT2D eigenvalue weighted by molar-refractivity contribution is 6.38. The third kappa shape index (κ3) is 3.59. The van der Waals surface area contributed by atoms with E-state index in [1.54, 1.807) is 6.92 Å². The zero-order valence-electron chi connectivity index (χ0n) is 20.0. The largest absolute Gasteiger partial charge is 0.481 e. The van der Waals surface area contributed by atoms with E-state index in [-0.39, 0.29) is 43.6 Å². The van der Waals surface area contributed by atoms with E-state index in [1.165, 1.54) is 42.2 Å². The van der Waals surface area contributed by atoms with Gasteiger partial charge in [0.05, 0.1) is 23.2 Å². The highest BCUT2D eigenvalue weighted by Gasteiger charge is 2.80. The van der Waals surface area contributed by atoms with Crippen LogP contribution in [-0.2, 0) is 19.9 Å². The summed E-state index contributed by atoms with van der Waals surface area (Å²) in [5.41, 5.74) is -4.02.